The van der Waals surface area contributed by atoms with E-state index in [9.17, 15) is 4.91 Å². The van der Waals surface area contributed by atoms with Gasteiger partial charge in [0.15, 0.2) is 5.69 Å². The van der Waals surface area contributed by atoms with Gasteiger partial charge < -0.3 is 5.84 Å². The number of nitrogens with two attached hydrogens (primary N) is 1. The molecule has 0 radical (unpaired) electrons. The highest BCUT2D eigenvalue weighted by molar-refractivity contribution is 5.60. The Hall–Kier alpha value is -1.85. The number of nitrogens with zero attached hydrogens (tertiary/aromatic N) is 4. The van der Waals surface area contributed by atoms with Crippen molar-refractivity contribution in [3.63, 3.8) is 0 Å². The minimum atomic E-state index is 0.164. The van der Waals surface area contributed by atoms with Gasteiger partial charge in [0, 0.05) is 6.20 Å². The van der Waals surface area contributed by atoms with Crippen LogP contribution < -0.4 is 5.84 Å². The first-order valence-corrected chi connectivity index (χ1v) is 3.75. The summed E-state index contributed by atoms with van der Waals surface area (Å²) in [6.07, 6.45) is 2.23. The summed E-state index contributed by atoms with van der Waals surface area (Å²) in [5, 5.41) is 9.38. The van der Waals surface area contributed by atoms with Crippen molar-refractivity contribution in [2.24, 2.45) is 21.4 Å². The minimum absolute atomic E-state index is 0.164. The van der Waals surface area contributed by atoms with Crippen molar-refractivity contribution in [1.82, 2.24) is 4.98 Å². The van der Waals surface area contributed by atoms with E-state index in [4.69, 9.17) is 5.84 Å². The van der Waals surface area contributed by atoms with Crippen LogP contribution in [0.4, 0.5) is 11.5 Å². The van der Waals surface area contributed by atoms with Gasteiger partial charge in [-0.2, -0.15) is 0 Å². The Morgan fingerprint density at radius 1 is 1.62 bits per heavy atom. The van der Waals surface area contributed by atoms with E-state index >= 15 is 0 Å². The third kappa shape index (κ3) is 1.84. The molecular formula is C7H9N5O. The van der Waals surface area contributed by atoms with E-state index in [1.165, 1.54) is 6.20 Å². The van der Waals surface area contributed by atoms with Gasteiger partial charge in [0.1, 0.15) is 0 Å². The number of aromatic nitrogens is 1. The van der Waals surface area contributed by atoms with Crippen molar-refractivity contribution >= 4 is 11.5 Å². The van der Waals surface area contributed by atoms with E-state index in [1.807, 2.05) is 6.92 Å². The van der Waals surface area contributed by atoms with Crippen LogP contribution in [0.5, 0.6) is 0 Å². The zero-order valence-electron chi connectivity index (χ0n) is 7.14. The van der Waals surface area contributed by atoms with Crippen molar-refractivity contribution < 1.29 is 0 Å². The molecule has 1 heterocycles. The standard InChI is InChI=1S/C7H9N5O/c1-2-5-3-4-9-7(10-12-8)6(5)11-13/h3-4H,2H2,1H3,(H2,8,9,10). The van der Waals surface area contributed by atoms with Gasteiger partial charge in [-0.15, -0.1) is 10.0 Å². The highest BCUT2D eigenvalue weighted by Crippen LogP contribution is 2.29. The fourth-order valence-electron chi connectivity index (χ4n) is 0.994. The number of aryl methyl sites for hydroxylation is 1. The lowest BCUT2D eigenvalue weighted by molar-refractivity contribution is 1.02. The molecule has 0 spiro atoms. The second kappa shape index (κ2) is 4.24. The second-order valence-electron chi connectivity index (χ2n) is 2.30. The maximum atomic E-state index is 10.4. The summed E-state index contributed by atoms with van der Waals surface area (Å²) in [4.78, 5) is 14.3. The molecule has 1 rings (SSSR count). The van der Waals surface area contributed by atoms with Gasteiger partial charge in [-0.3, -0.25) is 0 Å². The van der Waals surface area contributed by atoms with Crippen LogP contribution in [0, 0.1) is 4.91 Å². The van der Waals surface area contributed by atoms with E-state index < -0.39 is 0 Å². The quantitative estimate of drug-likeness (QED) is 0.333. The van der Waals surface area contributed by atoms with Gasteiger partial charge in [-0.05, 0) is 23.2 Å². The van der Waals surface area contributed by atoms with Crippen LogP contribution >= 0.6 is 0 Å². The first-order valence-electron chi connectivity index (χ1n) is 3.75. The van der Waals surface area contributed by atoms with E-state index in [0.717, 1.165) is 5.56 Å². The fraction of sp³-hybridized carbons (Fsp3) is 0.286. The maximum absolute atomic E-state index is 10.4. The first kappa shape index (κ1) is 9.24. The van der Waals surface area contributed by atoms with Crippen LogP contribution in [-0.2, 0) is 6.42 Å². The zero-order valence-corrected chi connectivity index (χ0v) is 7.14. The molecule has 0 bridgehead atoms. The number of hydrogen-bond donors (Lipinski definition) is 1. The second-order valence-corrected chi connectivity index (χ2v) is 2.30. The molecule has 13 heavy (non-hydrogen) atoms. The molecule has 1 aromatic rings. The Balaban J connectivity index is 3.26. The Bertz CT molecular complexity index is 336. The van der Waals surface area contributed by atoms with Gasteiger partial charge >= 0.3 is 0 Å². The van der Waals surface area contributed by atoms with E-state index in [1.54, 1.807) is 6.07 Å². The average molecular weight is 179 g/mol. The van der Waals surface area contributed by atoms with Gasteiger partial charge in [-0.25, -0.2) is 4.98 Å². The summed E-state index contributed by atoms with van der Waals surface area (Å²) in [7, 11) is 0. The van der Waals surface area contributed by atoms with Crippen molar-refractivity contribution in [3.05, 3.63) is 22.7 Å². The van der Waals surface area contributed by atoms with Gasteiger partial charge in [-0.1, -0.05) is 12.1 Å². The lowest BCUT2D eigenvalue weighted by Crippen LogP contribution is -1.84. The van der Waals surface area contributed by atoms with Crippen LogP contribution in [0.3, 0.4) is 0 Å². The summed E-state index contributed by atoms with van der Waals surface area (Å²) < 4.78 is 0. The highest BCUT2D eigenvalue weighted by atomic mass is 16.3. The monoisotopic (exact) mass is 179 g/mol. The molecule has 0 aliphatic heterocycles. The lowest BCUT2D eigenvalue weighted by atomic mass is 10.2. The van der Waals surface area contributed by atoms with E-state index in [-0.39, 0.29) is 11.5 Å². The highest BCUT2D eigenvalue weighted by Gasteiger charge is 2.08. The molecule has 6 heteroatoms. The SMILES string of the molecule is CCc1ccnc(N=NN)c1N=O. The van der Waals surface area contributed by atoms with Crippen molar-refractivity contribution in [2.45, 2.75) is 13.3 Å². The number of pyridine rings is 1. The third-order valence-electron chi connectivity index (χ3n) is 1.61. The maximum Gasteiger partial charge on any atom is 0.205 e. The summed E-state index contributed by atoms with van der Waals surface area (Å²) in [5.41, 5.74) is 0.992. The molecule has 0 amide bonds. The molecule has 0 unspecified atom stereocenters. The van der Waals surface area contributed by atoms with E-state index in [0.29, 0.717) is 6.42 Å². The number of hydrogen-bond acceptors (Lipinski definition) is 5. The Morgan fingerprint density at radius 3 is 2.92 bits per heavy atom. The summed E-state index contributed by atoms with van der Waals surface area (Å²) >= 11 is 0. The van der Waals surface area contributed by atoms with Crippen molar-refractivity contribution in [3.8, 4) is 0 Å². The molecule has 0 saturated carbocycles. The molecule has 0 atom stereocenters. The van der Waals surface area contributed by atoms with Crippen LogP contribution in [0.2, 0.25) is 0 Å². The number of rotatable bonds is 3. The molecule has 2 N–H and O–H groups in total. The first-order chi connectivity index (χ1) is 6.33. The van der Waals surface area contributed by atoms with Crippen LogP contribution in [-0.4, -0.2) is 4.98 Å². The van der Waals surface area contributed by atoms with Crippen LogP contribution in [0.15, 0.2) is 27.8 Å². The largest absolute Gasteiger partial charge is 0.305 e. The normalized spacial score (nSPS) is 10.5. The summed E-state index contributed by atoms with van der Waals surface area (Å²) in [6.45, 7) is 1.91. The van der Waals surface area contributed by atoms with Crippen molar-refractivity contribution in [2.75, 3.05) is 0 Å². The Labute approximate surface area is 74.8 Å². The molecule has 0 aromatic carbocycles. The third-order valence-corrected chi connectivity index (χ3v) is 1.61. The van der Waals surface area contributed by atoms with Gasteiger partial charge in [0.25, 0.3) is 0 Å². The van der Waals surface area contributed by atoms with Gasteiger partial charge in [0.2, 0.25) is 5.82 Å². The predicted molar refractivity (Wildman–Crippen MR) is 47.8 cm³/mol. The zero-order chi connectivity index (χ0) is 9.68. The smallest absolute Gasteiger partial charge is 0.205 e. The average Bonchev–Trinajstić information content (AvgIpc) is 2.18. The van der Waals surface area contributed by atoms with Crippen LogP contribution in [0.1, 0.15) is 12.5 Å². The Morgan fingerprint density at radius 2 is 2.38 bits per heavy atom. The molecule has 68 valence electrons. The topological polar surface area (TPSA) is 93.1 Å². The molecule has 1 aromatic heterocycles. The fourth-order valence-corrected chi connectivity index (χ4v) is 0.994. The molecular weight excluding hydrogens is 170 g/mol. The predicted octanol–water partition coefficient (Wildman–Crippen LogP) is 2.00. The van der Waals surface area contributed by atoms with Crippen molar-refractivity contribution in [1.29, 1.82) is 0 Å². The molecule has 0 fully saturated rings. The number of nitroso groups, excluding NO2 is 1. The lowest BCUT2D eigenvalue weighted by Gasteiger charge is -2.00. The molecule has 6 nitrogen and oxygen atoms in total. The van der Waals surface area contributed by atoms with Gasteiger partial charge in [0.05, 0.1) is 0 Å². The van der Waals surface area contributed by atoms with Crippen LogP contribution in [0.25, 0.3) is 0 Å². The minimum Gasteiger partial charge on any atom is -0.305 e. The molecule has 0 aliphatic carbocycles. The molecule has 0 aliphatic rings. The summed E-state index contributed by atoms with van der Waals surface area (Å²) in [6, 6.07) is 1.71. The summed E-state index contributed by atoms with van der Waals surface area (Å²) in [5.74, 6) is 5.01. The Kier molecular flexibility index (Phi) is 3.02. The van der Waals surface area contributed by atoms with E-state index in [2.05, 4.69) is 20.5 Å². The molecule has 0 saturated heterocycles.